The number of anilines is 1. The van der Waals surface area contributed by atoms with Crippen LogP contribution in [0.4, 0.5) is 5.69 Å². The molecule has 1 fully saturated rings. The molecule has 2 aliphatic rings. The highest BCUT2D eigenvalue weighted by Gasteiger charge is 2.29. The summed E-state index contributed by atoms with van der Waals surface area (Å²) in [6.45, 7) is 4.02. The van der Waals surface area contributed by atoms with Gasteiger partial charge in [0.25, 0.3) is 0 Å². The van der Waals surface area contributed by atoms with Gasteiger partial charge in [0.05, 0.1) is 0 Å². The summed E-state index contributed by atoms with van der Waals surface area (Å²) in [6.07, 6.45) is 6.77. The molecule has 1 aliphatic carbocycles. The van der Waals surface area contributed by atoms with Gasteiger partial charge >= 0.3 is 0 Å². The molecule has 1 heterocycles. The van der Waals surface area contributed by atoms with Crippen molar-refractivity contribution in [3.05, 3.63) is 29.3 Å². The van der Waals surface area contributed by atoms with Crippen molar-refractivity contribution < 1.29 is 4.79 Å². The fourth-order valence-corrected chi connectivity index (χ4v) is 3.78. The van der Waals surface area contributed by atoms with Gasteiger partial charge in [-0.2, -0.15) is 0 Å². The van der Waals surface area contributed by atoms with Gasteiger partial charge in [-0.15, -0.1) is 0 Å². The van der Waals surface area contributed by atoms with E-state index in [1.54, 1.807) is 0 Å². The van der Waals surface area contributed by atoms with E-state index in [9.17, 15) is 4.79 Å². The number of amides is 1. The molecular weight excluding hydrogens is 260 g/mol. The number of carbonyl (C=O) groups is 1. The Morgan fingerprint density at radius 1 is 1.33 bits per heavy atom. The normalized spacial score (nSPS) is 24.2. The van der Waals surface area contributed by atoms with E-state index in [1.165, 1.54) is 42.5 Å². The van der Waals surface area contributed by atoms with Crippen LogP contribution in [0.3, 0.4) is 0 Å². The molecule has 21 heavy (non-hydrogen) atoms. The van der Waals surface area contributed by atoms with Gasteiger partial charge in [0.15, 0.2) is 0 Å². The van der Waals surface area contributed by atoms with Gasteiger partial charge in [-0.25, -0.2) is 0 Å². The first-order valence-electron chi connectivity index (χ1n) is 8.38. The number of hydrogen-bond acceptors (Lipinski definition) is 2. The second-order valence-electron chi connectivity index (χ2n) is 6.54. The Morgan fingerprint density at radius 3 is 3.05 bits per heavy atom. The summed E-state index contributed by atoms with van der Waals surface area (Å²) in [4.78, 5) is 12.2. The van der Waals surface area contributed by atoms with Gasteiger partial charge in [0, 0.05) is 24.7 Å². The summed E-state index contributed by atoms with van der Waals surface area (Å²) in [6, 6.07) is 6.54. The van der Waals surface area contributed by atoms with E-state index in [4.69, 9.17) is 0 Å². The Labute approximate surface area is 127 Å². The predicted molar refractivity (Wildman–Crippen MR) is 86.5 cm³/mol. The first-order valence-corrected chi connectivity index (χ1v) is 8.38. The summed E-state index contributed by atoms with van der Waals surface area (Å²) in [5.41, 5.74) is 4.08. The van der Waals surface area contributed by atoms with Crippen molar-refractivity contribution in [2.24, 2.45) is 11.8 Å². The number of para-hydroxylation sites is 1. The van der Waals surface area contributed by atoms with Crippen molar-refractivity contribution in [1.29, 1.82) is 0 Å². The van der Waals surface area contributed by atoms with Crippen LogP contribution in [-0.2, 0) is 17.6 Å². The fourth-order valence-electron chi connectivity index (χ4n) is 3.78. The summed E-state index contributed by atoms with van der Waals surface area (Å²) >= 11 is 0. The molecule has 2 N–H and O–H groups in total. The molecule has 0 bridgehead atoms. The van der Waals surface area contributed by atoms with Gasteiger partial charge in [0.2, 0.25) is 5.91 Å². The van der Waals surface area contributed by atoms with Crippen LogP contribution in [0.2, 0.25) is 0 Å². The SMILES string of the molecule is CC1CCCC1C(=O)NCCc1cccc2c1NCCC2. The van der Waals surface area contributed by atoms with E-state index in [0.29, 0.717) is 5.92 Å². The molecule has 2 atom stereocenters. The van der Waals surface area contributed by atoms with E-state index >= 15 is 0 Å². The molecule has 3 rings (SSSR count). The molecule has 0 aromatic heterocycles. The van der Waals surface area contributed by atoms with Gasteiger partial charge < -0.3 is 10.6 Å². The van der Waals surface area contributed by atoms with Crippen LogP contribution in [0, 0.1) is 11.8 Å². The van der Waals surface area contributed by atoms with E-state index in [-0.39, 0.29) is 11.8 Å². The molecule has 3 nitrogen and oxygen atoms in total. The van der Waals surface area contributed by atoms with Crippen LogP contribution in [-0.4, -0.2) is 19.0 Å². The monoisotopic (exact) mass is 286 g/mol. The first-order chi connectivity index (χ1) is 10.3. The Morgan fingerprint density at radius 2 is 2.24 bits per heavy atom. The molecule has 0 radical (unpaired) electrons. The number of hydrogen-bond donors (Lipinski definition) is 2. The predicted octanol–water partition coefficient (Wildman–Crippen LogP) is 3.14. The summed E-state index contributed by atoms with van der Waals surface area (Å²) in [5, 5.41) is 6.66. The number of nitrogens with one attached hydrogen (secondary N) is 2. The highest BCUT2D eigenvalue weighted by atomic mass is 16.1. The molecule has 1 saturated carbocycles. The lowest BCUT2D eigenvalue weighted by atomic mass is 9.96. The molecule has 0 saturated heterocycles. The zero-order chi connectivity index (χ0) is 14.7. The molecule has 2 unspecified atom stereocenters. The largest absolute Gasteiger partial charge is 0.385 e. The maximum absolute atomic E-state index is 12.2. The maximum Gasteiger partial charge on any atom is 0.223 e. The van der Waals surface area contributed by atoms with E-state index < -0.39 is 0 Å². The maximum atomic E-state index is 12.2. The molecule has 0 spiro atoms. The van der Waals surface area contributed by atoms with E-state index in [0.717, 1.165) is 25.9 Å². The highest BCUT2D eigenvalue weighted by molar-refractivity contribution is 5.79. The minimum atomic E-state index is 0.243. The molecule has 1 aromatic rings. The first kappa shape index (κ1) is 14.4. The van der Waals surface area contributed by atoms with Crippen molar-refractivity contribution in [3.8, 4) is 0 Å². The lowest BCUT2D eigenvalue weighted by molar-refractivity contribution is -0.125. The second-order valence-corrected chi connectivity index (χ2v) is 6.54. The Kier molecular flexibility index (Phi) is 4.47. The van der Waals surface area contributed by atoms with Crippen molar-refractivity contribution in [1.82, 2.24) is 5.32 Å². The third kappa shape index (κ3) is 3.22. The molecular formula is C18H26N2O. The van der Waals surface area contributed by atoms with Crippen molar-refractivity contribution in [2.45, 2.75) is 45.4 Å². The van der Waals surface area contributed by atoms with Crippen LogP contribution >= 0.6 is 0 Å². The number of aryl methyl sites for hydroxylation is 1. The number of benzene rings is 1. The molecule has 1 amide bonds. The number of fused-ring (bicyclic) bond motifs is 1. The summed E-state index contributed by atoms with van der Waals surface area (Å²) < 4.78 is 0. The molecule has 114 valence electrons. The Hall–Kier alpha value is -1.51. The highest BCUT2D eigenvalue weighted by Crippen LogP contribution is 2.31. The molecule has 1 aliphatic heterocycles. The van der Waals surface area contributed by atoms with E-state index in [2.05, 4.69) is 35.8 Å². The smallest absolute Gasteiger partial charge is 0.223 e. The average molecular weight is 286 g/mol. The Bertz CT molecular complexity index is 512. The summed E-state index contributed by atoms with van der Waals surface area (Å²) in [7, 11) is 0. The van der Waals surface area contributed by atoms with Crippen molar-refractivity contribution >= 4 is 11.6 Å². The quantitative estimate of drug-likeness (QED) is 0.893. The van der Waals surface area contributed by atoms with Gasteiger partial charge in [-0.1, -0.05) is 31.5 Å². The van der Waals surface area contributed by atoms with Crippen molar-refractivity contribution in [2.75, 3.05) is 18.4 Å². The third-order valence-electron chi connectivity index (χ3n) is 5.05. The number of carbonyl (C=O) groups excluding carboxylic acids is 1. The third-order valence-corrected chi connectivity index (χ3v) is 5.05. The topological polar surface area (TPSA) is 41.1 Å². The second kappa shape index (κ2) is 6.50. The van der Waals surface area contributed by atoms with Crippen molar-refractivity contribution in [3.63, 3.8) is 0 Å². The lowest BCUT2D eigenvalue weighted by Crippen LogP contribution is -2.33. The Balaban J connectivity index is 1.55. The summed E-state index contributed by atoms with van der Waals surface area (Å²) in [5.74, 6) is 1.06. The molecule has 3 heteroatoms. The average Bonchev–Trinajstić information content (AvgIpc) is 2.93. The fraction of sp³-hybridized carbons (Fsp3) is 0.611. The van der Waals surface area contributed by atoms with E-state index in [1.807, 2.05) is 0 Å². The van der Waals surface area contributed by atoms with Gasteiger partial charge in [0.1, 0.15) is 0 Å². The zero-order valence-electron chi connectivity index (χ0n) is 13.0. The number of rotatable bonds is 4. The minimum Gasteiger partial charge on any atom is -0.385 e. The lowest BCUT2D eigenvalue weighted by Gasteiger charge is -2.21. The van der Waals surface area contributed by atoms with Crippen LogP contribution in [0.5, 0.6) is 0 Å². The van der Waals surface area contributed by atoms with Crippen LogP contribution < -0.4 is 10.6 Å². The molecule has 1 aromatic carbocycles. The minimum absolute atomic E-state index is 0.243. The zero-order valence-corrected chi connectivity index (χ0v) is 13.0. The van der Waals surface area contributed by atoms with Crippen LogP contribution in [0.25, 0.3) is 0 Å². The van der Waals surface area contributed by atoms with Crippen LogP contribution in [0.1, 0.15) is 43.7 Å². The van der Waals surface area contributed by atoms with Gasteiger partial charge in [-0.05, 0) is 49.1 Å². The van der Waals surface area contributed by atoms with Crippen LogP contribution in [0.15, 0.2) is 18.2 Å². The van der Waals surface area contributed by atoms with Gasteiger partial charge in [-0.3, -0.25) is 4.79 Å². The standard InChI is InChI=1S/C18H26N2O/c1-13-5-2-9-16(13)18(21)20-12-10-15-7-3-6-14-8-4-11-19-17(14)15/h3,6-7,13,16,19H,2,4-5,8-12H2,1H3,(H,20,21).